The summed E-state index contributed by atoms with van der Waals surface area (Å²) in [5.74, 6) is 1.48. The minimum absolute atomic E-state index is 0.0422. The summed E-state index contributed by atoms with van der Waals surface area (Å²) in [5, 5.41) is 9.56. The third kappa shape index (κ3) is 3.49. The predicted molar refractivity (Wildman–Crippen MR) is 115 cm³/mol. The van der Waals surface area contributed by atoms with Crippen LogP contribution < -0.4 is 10.5 Å². The predicted octanol–water partition coefficient (Wildman–Crippen LogP) is 3.86. The quantitative estimate of drug-likeness (QED) is 0.340. The summed E-state index contributed by atoms with van der Waals surface area (Å²) in [6, 6.07) is 15.8. The highest BCUT2D eigenvalue weighted by atomic mass is 127. The van der Waals surface area contributed by atoms with E-state index in [0.29, 0.717) is 12.4 Å². The van der Waals surface area contributed by atoms with Gasteiger partial charge in [0.25, 0.3) is 0 Å². The van der Waals surface area contributed by atoms with E-state index in [1.807, 2.05) is 59.1 Å². The lowest BCUT2D eigenvalue weighted by Crippen LogP contribution is -2.32. The normalized spacial score (nSPS) is 13.7. The second kappa shape index (κ2) is 7.77. The van der Waals surface area contributed by atoms with E-state index >= 15 is 0 Å². The van der Waals surface area contributed by atoms with E-state index in [1.165, 1.54) is 0 Å². The fraction of sp³-hybridized carbons (Fsp3) is 0.250. The van der Waals surface area contributed by atoms with Crippen LogP contribution in [0.1, 0.15) is 13.3 Å². The first-order valence-corrected chi connectivity index (χ1v) is 10.2. The highest BCUT2D eigenvalue weighted by Gasteiger charge is 2.19. The molecule has 7 heteroatoms. The molecule has 1 aromatic carbocycles. The minimum atomic E-state index is 0.0422. The molecule has 0 saturated carbocycles. The smallest absolute Gasteiger partial charge is 0.187 e. The molecule has 0 amide bonds. The topological polar surface area (TPSA) is 78.3 Å². The molecular weight excluding hydrogens is 453 g/mol. The number of para-hydroxylation sites is 1. The van der Waals surface area contributed by atoms with E-state index in [9.17, 15) is 0 Å². The van der Waals surface area contributed by atoms with Gasteiger partial charge in [-0.25, -0.2) is 4.98 Å². The molecule has 0 bridgehead atoms. The van der Waals surface area contributed by atoms with Crippen LogP contribution in [0.4, 0.5) is 0 Å². The molecule has 0 fully saturated rings. The van der Waals surface area contributed by atoms with Crippen LogP contribution in [0.5, 0.6) is 5.75 Å². The molecular formula is C20H20IN5O. The van der Waals surface area contributed by atoms with Gasteiger partial charge in [0.05, 0.1) is 3.92 Å². The van der Waals surface area contributed by atoms with Crippen molar-refractivity contribution < 1.29 is 4.74 Å². The molecule has 2 N–H and O–H groups in total. The molecule has 4 aromatic rings. The lowest BCUT2D eigenvalue weighted by atomic mass is 10.1. The molecule has 6 nitrogen and oxygen atoms in total. The van der Waals surface area contributed by atoms with Crippen LogP contribution in [-0.4, -0.2) is 36.2 Å². The molecule has 0 spiro atoms. The molecule has 0 aliphatic heterocycles. The second-order valence-electron chi connectivity index (χ2n) is 6.29. The lowest BCUT2D eigenvalue weighted by molar-refractivity contribution is 0.202. The SMILES string of the molecule is CCC(Oc1cccc2ccc(-c3nnc4ccccn34)nc12)[C@H](I)CN. The number of nitrogens with zero attached hydrogens (tertiary/aromatic N) is 4. The van der Waals surface area contributed by atoms with E-state index < -0.39 is 0 Å². The van der Waals surface area contributed by atoms with E-state index in [-0.39, 0.29) is 10.0 Å². The van der Waals surface area contributed by atoms with Gasteiger partial charge in [-0.1, -0.05) is 53.8 Å². The first-order chi connectivity index (χ1) is 13.2. The van der Waals surface area contributed by atoms with E-state index in [4.69, 9.17) is 15.5 Å². The van der Waals surface area contributed by atoms with Gasteiger partial charge in [0.1, 0.15) is 23.1 Å². The Balaban J connectivity index is 1.79. The monoisotopic (exact) mass is 473 g/mol. The number of halogens is 1. The van der Waals surface area contributed by atoms with Crippen molar-refractivity contribution in [2.45, 2.75) is 23.4 Å². The molecule has 0 radical (unpaired) electrons. The second-order valence-corrected chi connectivity index (χ2v) is 7.89. The van der Waals surface area contributed by atoms with Gasteiger partial charge in [0, 0.05) is 18.1 Å². The van der Waals surface area contributed by atoms with Crippen LogP contribution in [0.25, 0.3) is 28.1 Å². The first-order valence-electron chi connectivity index (χ1n) is 8.92. The number of benzene rings is 1. The van der Waals surface area contributed by atoms with Crippen molar-refractivity contribution >= 4 is 39.1 Å². The molecule has 0 aliphatic rings. The summed E-state index contributed by atoms with van der Waals surface area (Å²) >= 11 is 2.35. The van der Waals surface area contributed by atoms with Crippen LogP contribution in [0.2, 0.25) is 0 Å². The van der Waals surface area contributed by atoms with Crippen molar-refractivity contribution in [2.24, 2.45) is 5.73 Å². The highest BCUT2D eigenvalue weighted by molar-refractivity contribution is 14.1. The lowest BCUT2D eigenvalue weighted by Gasteiger charge is -2.22. The van der Waals surface area contributed by atoms with E-state index in [1.54, 1.807) is 0 Å². The van der Waals surface area contributed by atoms with Crippen LogP contribution in [0.3, 0.4) is 0 Å². The number of alkyl halides is 1. The fourth-order valence-electron chi connectivity index (χ4n) is 3.08. The zero-order valence-electron chi connectivity index (χ0n) is 14.9. The summed E-state index contributed by atoms with van der Waals surface area (Å²) in [4.78, 5) is 4.86. The van der Waals surface area contributed by atoms with E-state index in [2.05, 4.69) is 39.7 Å². The van der Waals surface area contributed by atoms with Gasteiger partial charge < -0.3 is 10.5 Å². The summed E-state index contributed by atoms with van der Waals surface area (Å²) < 4.78 is 8.47. The van der Waals surface area contributed by atoms with Gasteiger partial charge in [-0.15, -0.1) is 10.2 Å². The van der Waals surface area contributed by atoms with Crippen LogP contribution in [0, 0.1) is 0 Å². The van der Waals surface area contributed by atoms with Crippen molar-refractivity contribution in [3.8, 4) is 17.3 Å². The van der Waals surface area contributed by atoms with Gasteiger partial charge >= 0.3 is 0 Å². The first kappa shape index (κ1) is 18.1. The number of rotatable bonds is 6. The number of ether oxygens (including phenoxy) is 1. The minimum Gasteiger partial charge on any atom is -0.487 e. The number of fused-ring (bicyclic) bond motifs is 2. The van der Waals surface area contributed by atoms with Crippen LogP contribution in [0.15, 0.2) is 54.7 Å². The zero-order chi connectivity index (χ0) is 18.8. The summed E-state index contributed by atoms with van der Waals surface area (Å²) in [6.07, 6.45) is 2.87. The molecule has 27 heavy (non-hydrogen) atoms. The van der Waals surface area contributed by atoms with Gasteiger partial charge in [0.15, 0.2) is 11.5 Å². The Labute approximate surface area is 170 Å². The van der Waals surface area contributed by atoms with Gasteiger partial charge in [-0.2, -0.15) is 0 Å². The molecule has 0 saturated heterocycles. The summed E-state index contributed by atoms with van der Waals surface area (Å²) in [7, 11) is 0. The maximum absolute atomic E-state index is 6.30. The Kier molecular flexibility index (Phi) is 5.22. The fourth-order valence-corrected chi connectivity index (χ4v) is 3.74. The Bertz CT molecular complexity index is 1080. The van der Waals surface area contributed by atoms with Gasteiger partial charge in [-0.05, 0) is 30.7 Å². The van der Waals surface area contributed by atoms with Crippen molar-refractivity contribution in [3.05, 3.63) is 54.7 Å². The third-order valence-electron chi connectivity index (χ3n) is 4.54. The highest BCUT2D eigenvalue weighted by Crippen LogP contribution is 2.29. The number of aromatic nitrogens is 4. The third-order valence-corrected chi connectivity index (χ3v) is 5.85. The molecule has 2 atom stereocenters. The number of hydrogen-bond acceptors (Lipinski definition) is 5. The Morgan fingerprint density at radius 2 is 2.00 bits per heavy atom. The summed E-state index contributed by atoms with van der Waals surface area (Å²) in [6.45, 7) is 2.69. The molecule has 0 aliphatic carbocycles. The molecule has 3 aromatic heterocycles. The molecule has 4 rings (SSSR count). The van der Waals surface area contributed by atoms with Crippen LogP contribution in [-0.2, 0) is 0 Å². The number of nitrogens with two attached hydrogens (primary N) is 1. The van der Waals surface area contributed by atoms with Crippen molar-refractivity contribution in [2.75, 3.05) is 6.54 Å². The Hall–Kier alpha value is -2.26. The average molecular weight is 473 g/mol. The number of pyridine rings is 2. The maximum Gasteiger partial charge on any atom is 0.187 e. The van der Waals surface area contributed by atoms with Crippen molar-refractivity contribution in [1.29, 1.82) is 0 Å². The van der Waals surface area contributed by atoms with Crippen molar-refractivity contribution in [1.82, 2.24) is 19.6 Å². The largest absolute Gasteiger partial charge is 0.487 e. The zero-order valence-corrected chi connectivity index (χ0v) is 17.1. The molecule has 138 valence electrons. The van der Waals surface area contributed by atoms with Crippen LogP contribution >= 0.6 is 22.6 Å². The van der Waals surface area contributed by atoms with Crippen molar-refractivity contribution in [3.63, 3.8) is 0 Å². The molecule has 1 unspecified atom stereocenters. The standard InChI is InChI=1S/C20H20IN5O/c1-2-16(14(21)12-22)27-17-7-5-6-13-9-10-15(23-19(13)17)20-25-24-18-8-3-4-11-26(18)20/h3-11,14,16H,2,12,22H2,1H3/t14-,16?/m1/s1. The maximum atomic E-state index is 6.30. The van der Waals surface area contributed by atoms with Gasteiger partial charge in [-0.3, -0.25) is 4.40 Å². The molecule has 3 heterocycles. The van der Waals surface area contributed by atoms with E-state index in [0.717, 1.165) is 34.4 Å². The number of hydrogen-bond donors (Lipinski definition) is 1. The van der Waals surface area contributed by atoms with Gasteiger partial charge in [0.2, 0.25) is 0 Å². The summed E-state index contributed by atoms with van der Waals surface area (Å²) in [5.41, 5.74) is 8.21. The Morgan fingerprint density at radius 1 is 1.11 bits per heavy atom. The Morgan fingerprint density at radius 3 is 2.81 bits per heavy atom. The average Bonchev–Trinajstić information content (AvgIpc) is 3.15.